The summed E-state index contributed by atoms with van der Waals surface area (Å²) < 4.78 is 0. The molecule has 2 rings (SSSR count). The molecule has 0 spiro atoms. The Morgan fingerprint density at radius 3 is 2.74 bits per heavy atom. The summed E-state index contributed by atoms with van der Waals surface area (Å²) in [5.74, 6) is 0. The molecule has 3 nitrogen and oxygen atoms in total. The molecule has 1 aromatic carbocycles. The summed E-state index contributed by atoms with van der Waals surface area (Å²) in [6.07, 6.45) is 4.56. The number of hydrogen-bond acceptors (Lipinski definition) is 3. The summed E-state index contributed by atoms with van der Waals surface area (Å²) in [6, 6.07) is 8.19. The Morgan fingerprint density at radius 1 is 1.42 bits per heavy atom. The highest BCUT2D eigenvalue weighted by atomic mass is 35.5. The van der Waals surface area contributed by atoms with Crippen molar-refractivity contribution in [2.45, 2.75) is 38.3 Å². The van der Waals surface area contributed by atoms with Gasteiger partial charge < -0.3 is 5.11 Å². The molecule has 0 heterocycles. The predicted octanol–water partition coefficient (Wildman–Crippen LogP) is 2.95. The van der Waals surface area contributed by atoms with Crippen LogP contribution in [0.15, 0.2) is 18.2 Å². The van der Waals surface area contributed by atoms with Gasteiger partial charge in [-0.3, -0.25) is 4.90 Å². The van der Waals surface area contributed by atoms with E-state index in [0.29, 0.717) is 16.6 Å². The lowest BCUT2D eigenvalue weighted by Gasteiger charge is -2.37. The molecule has 1 aliphatic rings. The Kier molecular flexibility index (Phi) is 5.21. The third kappa shape index (κ3) is 3.70. The van der Waals surface area contributed by atoms with E-state index in [1.165, 1.54) is 19.3 Å². The lowest BCUT2D eigenvalue weighted by atomic mass is 9.91. The number of aliphatic hydroxyl groups excluding tert-OH is 1. The van der Waals surface area contributed by atoms with Crippen LogP contribution in [0, 0.1) is 11.3 Å². The number of aliphatic hydroxyl groups is 1. The molecule has 0 aromatic heterocycles. The number of nitriles is 1. The fourth-order valence-electron chi connectivity index (χ4n) is 2.38. The molecule has 0 amide bonds. The normalized spacial score (nSPS) is 15.3. The van der Waals surface area contributed by atoms with Gasteiger partial charge in [0, 0.05) is 30.8 Å². The van der Waals surface area contributed by atoms with E-state index in [9.17, 15) is 0 Å². The van der Waals surface area contributed by atoms with Gasteiger partial charge in [-0.1, -0.05) is 24.1 Å². The standard InChI is InChI=1S/C15H19ClN2O/c16-15-9-12(10-17)5-6-13(15)11-18(7-2-8-19)14-3-1-4-14/h5-6,9,14,19H,1-4,7-8,11H2. The van der Waals surface area contributed by atoms with Crippen LogP contribution in [0.2, 0.25) is 5.02 Å². The number of halogens is 1. The van der Waals surface area contributed by atoms with Crippen molar-refractivity contribution >= 4 is 11.6 Å². The summed E-state index contributed by atoms with van der Waals surface area (Å²) in [7, 11) is 0. The largest absolute Gasteiger partial charge is 0.396 e. The van der Waals surface area contributed by atoms with Gasteiger partial charge >= 0.3 is 0 Å². The van der Waals surface area contributed by atoms with Gasteiger partial charge in [-0.15, -0.1) is 0 Å². The van der Waals surface area contributed by atoms with Crippen molar-refractivity contribution in [3.05, 3.63) is 34.3 Å². The van der Waals surface area contributed by atoms with E-state index >= 15 is 0 Å². The number of nitrogens with zero attached hydrogens (tertiary/aromatic N) is 2. The van der Waals surface area contributed by atoms with Crippen LogP contribution in [0.3, 0.4) is 0 Å². The van der Waals surface area contributed by atoms with Crippen molar-refractivity contribution < 1.29 is 5.11 Å². The van der Waals surface area contributed by atoms with Crippen molar-refractivity contribution in [3.63, 3.8) is 0 Å². The maximum Gasteiger partial charge on any atom is 0.0992 e. The minimum absolute atomic E-state index is 0.227. The van der Waals surface area contributed by atoms with Crippen LogP contribution in [0.1, 0.15) is 36.8 Å². The van der Waals surface area contributed by atoms with E-state index in [-0.39, 0.29) is 6.61 Å². The van der Waals surface area contributed by atoms with Crippen LogP contribution in [-0.2, 0) is 6.54 Å². The average Bonchev–Trinajstić information content (AvgIpc) is 2.36. The summed E-state index contributed by atoms with van der Waals surface area (Å²) in [4.78, 5) is 2.40. The molecule has 0 unspecified atom stereocenters. The molecule has 102 valence electrons. The van der Waals surface area contributed by atoms with Gasteiger partial charge in [-0.25, -0.2) is 0 Å². The van der Waals surface area contributed by atoms with Crippen molar-refractivity contribution in [2.75, 3.05) is 13.2 Å². The van der Waals surface area contributed by atoms with Gasteiger partial charge in [0.1, 0.15) is 0 Å². The lowest BCUT2D eigenvalue weighted by molar-refractivity contribution is 0.109. The van der Waals surface area contributed by atoms with Crippen molar-refractivity contribution in [1.29, 1.82) is 5.26 Å². The van der Waals surface area contributed by atoms with Crippen molar-refractivity contribution in [2.24, 2.45) is 0 Å². The molecule has 4 heteroatoms. The fourth-order valence-corrected chi connectivity index (χ4v) is 2.62. The Hall–Kier alpha value is -1.08. The van der Waals surface area contributed by atoms with Gasteiger partial charge in [0.05, 0.1) is 11.6 Å². The van der Waals surface area contributed by atoms with Crippen molar-refractivity contribution in [3.8, 4) is 6.07 Å². The first-order valence-electron chi connectivity index (χ1n) is 6.78. The van der Waals surface area contributed by atoms with E-state index < -0.39 is 0 Å². The number of benzene rings is 1. The average molecular weight is 279 g/mol. The molecule has 0 aliphatic heterocycles. The molecule has 1 aromatic rings. The first-order valence-corrected chi connectivity index (χ1v) is 7.16. The van der Waals surface area contributed by atoms with E-state index in [1.54, 1.807) is 6.07 Å². The molecule has 0 radical (unpaired) electrons. The molecule has 0 bridgehead atoms. The number of hydrogen-bond donors (Lipinski definition) is 1. The lowest BCUT2D eigenvalue weighted by Crippen LogP contribution is -2.40. The monoisotopic (exact) mass is 278 g/mol. The van der Waals surface area contributed by atoms with Crippen molar-refractivity contribution in [1.82, 2.24) is 4.90 Å². The van der Waals surface area contributed by atoms with Crippen LogP contribution in [-0.4, -0.2) is 29.2 Å². The second-order valence-electron chi connectivity index (χ2n) is 5.05. The molecule has 0 saturated heterocycles. The van der Waals surface area contributed by atoms with Crippen LogP contribution in [0.5, 0.6) is 0 Å². The first kappa shape index (κ1) is 14.3. The molecule has 0 atom stereocenters. The van der Waals surface area contributed by atoms with E-state index in [0.717, 1.165) is 25.1 Å². The minimum atomic E-state index is 0.227. The second-order valence-corrected chi connectivity index (χ2v) is 5.46. The molecule has 1 N–H and O–H groups in total. The summed E-state index contributed by atoms with van der Waals surface area (Å²) in [5.41, 5.74) is 1.66. The Labute approximate surface area is 119 Å². The van der Waals surface area contributed by atoms with E-state index in [1.807, 2.05) is 12.1 Å². The van der Waals surface area contributed by atoms with Crippen LogP contribution in [0.25, 0.3) is 0 Å². The second kappa shape index (κ2) is 6.91. The Bertz CT molecular complexity index is 466. The first-order chi connectivity index (χ1) is 9.24. The minimum Gasteiger partial charge on any atom is -0.396 e. The maximum atomic E-state index is 8.99. The number of rotatable bonds is 6. The third-order valence-electron chi connectivity index (χ3n) is 3.75. The zero-order chi connectivity index (χ0) is 13.7. The third-order valence-corrected chi connectivity index (χ3v) is 4.10. The highest BCUT2D eigenvalue weighted by molar-refractivity contribution is 6.31. The topological polar surface area (TPSA) is 47.3 Å². The van der Waals surface area contributed by atoms with Gasteiger partial charge in [0.2, 0.25) is 0 Å². The smallest absolute Gasteiger partial charge is 0.0992 e. The van der Waals surface area contributed by atoms with Gasteiger partial charge in [-0.05, 0) is 37.0 Å². The maximum absolute atomic E-state index is 8.99. The molecule has 19 heavy (non-hydrogen) atoms. The SMILES string of the molecule is N#Cc1ccc(CN(CCCO)C2CCC2)c(Cl)c1. The molecule has 1 aliphatic carbocycles. The highest BCUT2D eigenvalue weighted by Gasteiger charge is 2.24. The summed E-state index contributed by atoms with van der Waals surface area (Å²) >= 11 is 6.23. The van der Waals surface area contributed by atoms with Crippen LogP contribution < -0.4 is 0 Å². The zero-order valence-electron chi connectivity index (χ0n) is 11.0. The van der Waals surface area contributed by atoms with E-state index in [4.69, 9.17) is 22.0 Å². The summed E-state index contributed by atoms with van der Waals surface area (Å²) in [6.45, 7) is 1.93. The Balaban J connectivity index is 2.05. The van der Waals surface area contributed by atoms with Gasteiger partial charge in [0.25, 0.3) is 0 Å². The molecule has 1 fully saturated rings. The van der Waals surface area contributed by atoms with Gasteiger partial charge in [0.15, 0.2) is 0 Å². The molecular formula is C15H19ClN2O. The molecule has 1 saturated carbocycles. The van der Waals surface area contributed by atoms with Gasteiger partial charge in [-0.2, -0.15) is 5.26 Å². The zero-order valence-corrected chi connectivity index (χ0v) is 11.7. The van der Waals surface area contributed by atoms with Crippen LogP contribution >= 0.6 is 11.6 Å². The quantitative estimate of drug-likeness (QED) is 0.870. The predicted molar refractivity (Wildman–Crippen MR) is 75.9 cm³/mol. The van der Waals surface area contributed by atoms with E-state index in [2.05, 4.69) is 11.0 Å². The Morgan fingerprint density at radius 2 is 2.21 bits per heavy atom. The molecular weight excluding hydrogens is 260 g/mol. The fraction of sp³-hybridized carbons (Fsp3) is 0.533. The summed E-state index contributed by atoms with van der Waals surface area (Å²) in [5, 5.41) is 18.5. The van der Waals surface area contributed by atoms with Crippen LogP contribution in [0.4, 0.5) is 0 Å². The highest BCUT2D eigenvalue weighted by Crippen LogP contribution is 2.28.